The molecule has 1 heterocycles. The van der Waals surface area contributed by atoms with E-state index in [1.807, 2.05) is 18.2 Å². The number of fused-ring (bicyclic) bond motifs is 1. The van der Waals surface area contributed by atoms with Gasteiger partial charge in [-0.3, -0.25) is 0 Å². The monoisotopic (exact) mass is 168 g/mol. The van der Waals surface area contributed by atoms with E-state index in [1.54, 1.807) is 0 Å². The minimum absolute atomic E-state index is 0.0588. The van der Waals surface area contributed by atoms with Crippen LogP contribution in [0.5, 0.6) is 0 Å². The van der Waals surface area contributed by atoms with Gasteiger partial charge in [0.05, 0.1) is 6.17 Å². The highest BCUT2D eigenvalue weighted by Crippen LogP contribution is 2.26. The Kier molecular flexibility index (Phi) is 1.51. The van der Waals surface area contributed by atoms with E-state index in [0.29, 0.717) is 0 Å². The highest BCUT2D eigenvalue weighted by Gasteiger charge is 2.16. The summed E-state index contributed by atoms with van der Waals surface area (Å²) < 4.78 is 0. The Morgan fingerprint density at radius 2 is 2.36 bits per heavy atom. The van der Waals surface area contributed by atoms with Crippen LogP contribution < -0.4 is 11.1 Å². The van der Waals surface area contributed by atoms with Gasteiger partial charge in [-0.25, -0.2) is 0 Å². The summed E-state index contributed by atoms with van der Waals surface area (Å²) in [6.07, 6.45) is 0.930. The topological polar surface area (TPSA) is 38.0 Å². The van der Waals surface area contributed by atoms with Crippen LogP contribution in [0.15, 0.2) is 18.2 Å². The van der Waals surface area contributed by atoms with Crippen molar-refractivity contribution in [2.75, 3.05) is 5.32 Å². The lowest BCUT2D eigenvalue weighted by molar-refractivity contribution is 0.797. The van der Waals surface area contributed by atoms with Crippen molar-refractivity contribution >= 4 is 17.3 Å². The molecule has 0 saturated carbocycles. The first-order chi connectivity index (χ1) is 5.25. The van der Waals surface area contributed by atoms with Gasteiger partial charge in [-0.05, 0) is 23.8 Å². The number of nitrogens with one attached hydrogen (secondary N) is 1. The lowest BCUT2D eigenvalue weighted by Gasteiger charge is -2.01. The third kappa shape index (κ3) is 1.19. The molecule has 1 aromatic rings. The fraction of sp³-hybridized carbons (Fsp3) is 0.250. The highest BCUT2D eigenvalue weighted by molar-refractivity contribution is 6.30. The predicted molar refractivity (Wildman–Crippen MR) is 46.8 cm³/mol. The molecule has 0 saturated heterocycles. The van der Waals surface area contributed by atoms with Crippen LogP contribution in [0.1, 0.15) is 5.56 Å². The van der Waals surface area contributed by atoms with Crippen molar-refractivity contribution < 1.29 is 0 Å². The molecule has 1 aliphatic heterocycles. The molecule has 0 amide bonds. The van der Waals surface area contributed by atoms with Gasteiger partial charge in [-0.2, -0.15) is 0 Å². The summed E-state index contributed by atoms with van der Waals surface area (Å²) in [5.74, 6) is 0. The Morgan fingerprint density at radius 1 is 1.55 bits per heavy atom. The molecule has 3 heteroatoms. The Bertz CT molecular complexity index is 285. The van der Waals surface area contributed by atoms with Crippen molar-refractivity contribution in [2.45, 2.75) is 12.6 Å². The molecule has 0 radical (unpaired) electrons. The lowest BCUT2D eigenvalue weighted by Crippen LogP contribution is -2.25. The standard InChI is InChI=1S/C8H9ClN2/c9-6-1-2-7-5(3-6)4-8(10)11-7/h1-3,8,11H,4,10H2. The molecule has 0 spiro atoms. The zero-order valence-corrected chi connectivity index (χ0v) is 6.73. The van der Waals surface area contributed by atoms with Crippen LogP contribution in [0, 0.1) is 0 Å². The average molecular weight is 169 g/mol. The van der Waals surface area contributed by atoms with Gasteiger partial charge in [0.2, 0.25) is 0 Å². The molecule has 1 atom stereocenters. The maximum Gasteiger partial charge on any atom is 0.0784 e. The van der Waals surface area contributed by atoms with Gasteiger partial charge >= 0.3 is 0 Å². The number of rotatable bonds is 0. The van der Waals surface area contributed by atoms with Crippen LogP contribution in [0.4, 0.5) is 5.69 Å². The predicted octanol–water partition coefficient (Wildman–Crippen LogP) is 1.59. The molecule has 2 rings (SSSR count). The summed E-state index contributed by atoms with van der Waals surface area (Å²) >= 11 is 5.80. The van der Waals surface area contributed by atoms with E-state index in [0.717, 1.165) is 17.1 Å². The highest BCUT2D eigenvalue weighted by atomic mass is 35.5. The van der Waals surface area contributed by atoms with Crippen molar-refractivity contribution in [2.24, 2.45) is 5.73 Å². The first-order valence-electron chi connectivity index (χ1n) is 3.56. The van der Waals surface area contributed by atoms with Crippen molar-refractivity contribution in [3.63, 3.8) is 0 Å². The minimum Gasteiger partial charge on any atom is -0.370 e. The second-order valence-electron chi connectivity index (χ2n) is 2.76. The van der Waals surface area contributed by atoms with Crippen LogP contribution >= 0.6 is 11.6 Å². The summed E-state index contributed by atoms with van der Waals surface area (Å²) in [4.78, 5) is 0. The fourth-order valence-corrected chi connectivity index (χ4v) is 1.55. The molecular weight excluding hydrogens is 160 g/mol. The normalized spacial score (nSPS) is 21.1. The number of halogens is 1. The fourth-order valence-electron chi connectivity index (χ4n) is 1.36. The van der Waals surface area contributed by atoms with Gasteiger partial charge in [-0.15, -0.1) is 0 Å². The number of nitrogens with two attached hydrogens (primary N) is 1. The summed E-state index contributed by atoms with van der Waals surface area (Å²) in [7, 11) is 0. The maximum absolute atomic E-state index is 5.80. The Morgan fingerprint density at radius 3 is 3.18 bits per heavy atom. The number of benzene rings is 1. The first-order valence-corrected chi connectivity index (χ1v) is 3.94. The van der Waals surface area contributed by atoms with Crippen molar-refractivity contribution in [3.05, 3.63) is 28.8 Å². The van der Waals surface area contributed by atoms with Crippen LogP contribution in [0.25, 0.3) is 0 Å². The van der Waals surface area contributed by atoms with Crippen LogP contribution in [-0.2, 0) is 6.42 Å². The number of anilines is 1. The van der Waals surface area contributed by atoms with Gasteiger partial charge in [-0.1, -0.05) is 11.6 Å². The number of hydrogen-bond acceptors (Lipinski definition) is 2. The molecule has 0 aromatic heterocycles. The van der Waals surface area contributed by atoms with Crippen LogP contribution in [0.2, 0.25) is 5.02 Å². The van der Waals surface area contributed by atoms with E-state index in [9.17, 15) is 0 Å². The van der Waals surface area contributed by atoms with E-state index in [1.165, 1.54) is 5.56 Å². The summed E-state index contributed by atoms with van der Waals surface area (Å²) in [6, 6.07) is 5.78. The summed E-state index contributed by atoms with van der Waals surface area (Å²) in [6.45, 7) is 0. The van der Waals surface area contributed by atoms with Gasteiger partial charge in [0.25, 0.3) is 0 Å². The molecule has 1 unspecified atom stereocenters. The third-order valence-electron chi connectivity index (χ3n) is 1.85. The maximum atomic E-state index is 5.80. The zero-order chi connectivity index (χ0) is 7.84. The molecule has 11 heavy (non-hydrogen) atoms. The summed E-state index contributed by atoms with van der Waals surface area (Å²) in [5.41, 5.74) is 8.01. The summed E-state index contributed by atoms with van der Waals surface area (Å²) in [5, 5.41) is 3.92. The average Bonchev–Trinajstić information content (AvgIpc) is 2.27. The SMILES string of the molecule is NC1Cc2cc(Cl)ccc2N1. The Balaban J connectivity index is 2.43. The van der Waals surface area contributed by atoms with E-state index >= 15 is 0 Å². The van der Waals surface area contributed by atoms with Crippen molar-refractivity contribution in [3.8, 4) is 0 Å². The molecule has 3 N–H and O–H groups in total. The van der Waals surface area contributed by atoms with Gasteiger partial charge in [0.1, 0.15) is 0 Å². The van der Waals surface area contributed by atoms with E-state index < -0.39 is 0 Å². The second-order valence-corrected chi connectivity index (χ2v) is 3.19. The van der Waals surface area contributed by atoms with Gasteiger partial charge in [0, 0.05) is 17.1 Å². The zero-order valence-electron chi connectivity index (χ0n) is 5.97. The molecule has 58 valence electrons. The second kappa shape index (κ2) is 2.40. The minimum atomic E-state index is 0.0588. The quantitative estimate of drug-likeness (QED) is 0.618. The molecule has 1 aromatic carbocycles. The van der Waals surface area contributed by atoms with Gasteiger partial charge in [0.15, 0.2) is 0 Å². The van der Waals surface area contributed by atoms with Crippen molar-refractivity contribution in [1.82, 2.24) is 0 Å². The molecule has 0 bridgehead atoms. The van der Waals surface area contributed by atoms with Crippen molar-refractivity contribution in [1.29, 1.82) is 0 Å². The first kappa shape index (κ1) is 6.95. The van der Waals surface area contributed by atoms with Crippen LogP contribution in [0.3, 0.4) is 0 Å². The third-order valence-corrected chi connectivity index (χ3v) is 2.08. The Labute approximate surface area is 70.3 Å². The Hall–Kier alpha value is -0.730. The molecule has 1 aliphatic rings. The molecular formula is C8H9ClN2. The largest absolute Gasteiger partial charge is 0.370 e. The lowest BCUT2D eigenvalue weighted by atomic mass is 10.1. The molecule has 0 fully saturated rings. The van der Waals surface area contributed by atoms with Gasteiger partial charge < -0.3 is 11.1 Å². The number of hydrogen-bond donors (Lipinski definition) is 2. The molecule has 0 aliphatic carbocycles. The van der Waals surface area contributed by atoms with Crippen LogP contribution in [-0.4, -0.2) is 6.17 Å². The van der Waals surface area contributed by atoms with E-state index in [2.05, 4.69) is 5.32 Å². The molecule has 2 nitrogen and oxygen atoms in total. The van der Waals surface area contributed by atoms with E-state index in [4.69, 9.17) is 17.3 Å². The smallest absolute Gasteiger partial charge is 0.0784 e. The van der Waals surface area contributed by atoms with E-state index in [-0.39, 0.29) is 6.17 Å².